The first-order valence-corrected chi connectivity index (χ1v) is 6.21. The van der Waals surface area contributed by atoms with E-state index in [0.29, 0.717) is 17.7 Å². The summed E-state index contributed by atoms with van der Waals surface area (Å²) in [6.45, 7) is 7.21. The molecule has 0 atom stereocenters. The van der Waals surface area contributed by atoms with Crippen LogP contribution < -0.4 is 10.1 Å². The number of amides is 1. The van der Waals surface area contributed by atoms with Crippen molar-refractivity contribution < 1.29 is 14.6 Å². The molecule has 0 unspecified atom stereocenters. The fraction of sp³-hybridized carbons (Fsp3) is 0.400. The number of aliphatic hydroxyl groups is 1. The fourth-order valence-electron chi connectivity index (χ4n) is 1.95. The molecule has 0 radical (unpaired) electrons. The molecule has 1 aromatic rings. The summed E-state index contributed by atoms with van der Waals surface area (Å²) in [6, 6.07) is 3.55. The summed E-state index contributed by atoms with van der Waals surface area (Å²) >= 11 is 0. The molecule has 0 saturated carbocycles. The number of methoxy groups -OCH3 is 1. The SMILES string of the molecule is C=C(C)CCc1c(NC(C)=O)ccc(CO)c1OC. The van der Waals surface area contributed by atoms with Crippen LogP contribution in [0.5, 0.6) is 5.75 Å². The van der Waals surface area contributed by atoms with Gasteiger partial charge in [0.1, 0.15) is 5.75 Å². The molecule has 1 amide bonds. The third-order valence-electron chi connectivity index (χ3n) is 2.83. The van der Waals surface area contributed by atoms with Crippen molar-refractivity contribution in [2.75, 3.05) is 12.4 Å². The van der Waals surface area contributed by atoms with E-state index in [-0.39, 0.29) is 12.5 Å². The van der Waals surface area contributed by atoms with Gasteiger partial charge in [-0.1, -0.05) is 11.6 Å². The van der Waals surface area contributed by atoms with Crippen molar-refractivity contribution in [1.29, 1.82) is 0 Å². The Morgan fingerprint density at radius 2 is 2.11 bits per heavy atom. The molecule has 1 rings (SSSR count). The molecule has 0 aromatic heterocycles. The van der Waals surface area contributed by atoms with Crippen molar-refractivity contribution in [1.82, 2.24) is 0 Å². The van der Waals surface area contributed by atoms with E-state index in [0.717, 1.165) is 23.2 Å². The molecule has 4 nitrogen and oxygen atoms in total. The van der Waals surface area contributed by atoms with Gasteiger partial charge in [-0.25, -0.2) is 0 Å². The average molecular weight is 263 g/mol. The van der Waals surface area contributed by atoms with Gasteiger partial charge >= 0.3 is 0 Å². The first-order valence-electron chi connectivity index (χ1n) is 6.21. The minimum absolute atomic E-state index is 0.0937. The Kier molecular flexibility index (Phi) is 5.57. The van der Waals surface area contributed by atoms with Crippen molar-refractivity contribution >= 4 is 11.6 Å². The van der Waals surface area contributed by atoms with Gasteiger partial charge in [-0.15, -0.1) is 6.58 Å². The number of hydrogen-bond donors (Lipinski definition) is 2. The standard InChI is InChI=1S/C15H21NO3/c1-10(2)5-7-13-14(16-11(3)18)8-6-12(9-17)15(13)19-4/h6,8,17H,1,5,7,9H2,2-4H3,(H,16,18). The highest BCUT2D eigenvalue weighted by Crippen LogP contribution is 2.32. The van der Waals surface area contributed by atoms with Crippen LogP contribution in [-0.4, -0.2) is 18.1 Å². The maximum Gasteiger partial charge on any atom is 0.221 e. The van der Waals surface area contributed by atoms with Crippen molar-refractivity contribution in [2.24, 2.45) is 0 Å². The maximum absolute atomic E-state index is 11.2. The number of aliphatic hydroxyl groups excluding tert-OH is 1. The Bertz CT molecular complexity index is 481. The van der Waals surface area contributed by atoms with Crippen molar-refractivity contribution in [3.63, 3.8) is 0 Å². The number of carbonyl (C=O) groups is 1. The average Bonchev–Trinajstić information content (AvgIpc) is 2.35. The topological polar surface area (TPSA) is 58.6 Å². The van der Waals surface area contributed by atoms with E-state index in [4.69, 9.17) is 4.74 Å². The molecule has 2 N–H and O–H groups in total. The number of anilines is 1. The monoisotopic (exact) mass is 263 g/mol. The number of rotatable bonds is 6. The summed E-state index contributed by atoms with van der Waals surface area (Å²) in [4.78, 5) is 11.2. The molecule has 0 heterocycles. The highest BCUT2D eigenvalue weighted by Gasteiger charge is 2.14. The molecule has 0 aliphatic heterocycles. The van der Waals surface area contributed by atoms with Crippen LogP contribution in [0.1, 0.15) is 31.4 Å². The van der Waals surface area contributed by atoms with E-state index < -0.39 is 0 Å². The van der Waals surface area contributed by atoms with Crippen LogP contribution in [0.4, 0.5) is 5.69 Å². The molecule has 1 aromatic carbocycles. The summed E-state index contributed by atoms with van der Waals surface area (Å²) in [5.41, 5.74) is 3.40. The molecule has 4 heteroatoms. The van der Waals surface area contributed by atoms with Gasteiger partial charge in [0, 0.05) is 23.7 Å². The summed E-state index contributed by atoms with van der Waals surface area (Å²) in [7, 11) is 1.57. The van der Waals surface area contributed by atoms with E-state index in [1.54, 1.807) is 19.2 Å². The van der Waals surface area contributed by atoms with Crippen LogP contribution in [0.3, 0.4) is 0 Å². The third kappa shape index (κ3) is 4.10. The lowest BCUT2D eigenvalue weighted by molar-refractivity contribution is -0.114. The zero-order valence-corrected chi connectivity index (χ0v) is 11.7. The second kappa shape index (κ2) is 6.95. The summed E-state index contributed by atoms with van der Waals surface area (Å²) in [6.07, 6.45) is 1.51. The molecule has 104 valence electrons. The zero-order chi connectivity index (χ0) is 14.4. The lowest BCUT2D eigenvalue weighted by Crippen LogP contribution is -2.10. The largest absolute Gasteiger partial charge is 0.496 e. The van der Waals surface area contributed by atoms with Crippen LogP contribution in [-0.2, 0) is 17.8 Å². The molecule has 0 spiro atoms. The molecular formula is C15H21NO3. The second-order valence-corrected chi connectivity index (χ2v) is 4.58. The molecule has 0 saturated heterocycles. The normalized spacial score (nSPS) is 10.1. The van der Waals surface area contributed by atoms with Gasteiger partial charge in [0.05, 0.1) is 13.7 Å². The van der Waals surface area contributed by atoms with Crippen LogP contribution in [0.2, 0.25) is 0 Å². The number of ether oxygens (including phenoxy) is 1. The van der Waals surface area contributed by atoms with Gasteiger partial charge in [0.15, 0.2) is 0 Å². The smallest absolute Gasteiger partial charge is 0.221 e. The Balaban J connectivity index is 3.22. The molecule has 0 fully saturated rings. The predicted molar refractivity (Wildman–Crippen MR) is 76.4 cm³/mol. The Labute approximate surface area is 114 Å². The van der Waals surface area contributed by atoms with Gasteiger partial charge in [0.2, 0.25) is 5.91 Å². The van der Waals surface area contributed by atoms with Gasteiger partial charge in [0.25, 0.3) is 0 Å². The van der Waals surface area contributed by atoms with E-state index in [1.165, 1.54) is 6.92 Å². The van der Waals surface area contributed by atoms with Crippen LogP contribution in [0, 0.1) is 0 Å². The fourth-order valence-corrected chi connectivity index (χ4v) is 1.95. The number of benzene rings is 1. The van der Waals surface area contributed by atoms with Crippen LogP contribution >= 0.6 is 0 Å². The second-order valence-electron chi connectivity index (χ2n) is 4.58. The molecular weight excluding hydrogens is 242 g/mol. The quantitative estimate of drug-likeness (QED) is 0.776. The number of hydrogen-bond acceptors (Lipinski definition) is 3. The van der Waals surface area contributed by atoms with E-state index in [9.17, 15) is 9.90 Å². The van der Waals surface area contributed by atoms with Crippen LogP contribution in [0.15, 0.2) is 24.3 Å². The van der Waals surface area contributed by atoms with Crippen molar-refractivity contribution in [3.8, 4) is 5.75 Å². The third-order valence-corrected chi connectivity index (χ3v) is 2.83. The van der Waals surface area contributed by atoms with Crippen LogP contribution in [0.25, 0.3) is 0 Å². The summed E-state index contributed by atoms with van der Waals surface area (Å²) in [5.74, 6) is 0.505. The first-order chi connectivity index (χ1) is 8.99. The number of allylic oxidation sites excluding steroid dienone is 1. The molecule has 0 bridgehead atoms. The Morgan fingerprint density at radius 3 is 2.58 bits per heavy atom. The lowest BCUT2D eigenvalue weighted by atomic mass is 10.00. The van der Waals surface area contributed by atoms with Gasteiger partial charge in [-0.2, -0.15) is 0 Å². The predicted octanol–water partition coefficient (Wildman–Crippen LogP) is 2.65. The highest BCUT2D eigenvalue weighted by atomic mass is 16.5. The summed E-state index contributed by atoms with van der Waals surface area (Å²) < 4.78 is 5.38. The number of carbonyl (C=O) groups excluding carboxylic acids is 1. The van der Waals surface area contributed by atoms with E-state index >= 15 is 0 Å². The first kappa shape index (κ1) is 15.2. The molecule has 0 aliphatic rings. The minimum Gasteiger partial charge on any atom is -0.496 e. The zero-order valence-electron chi connectivity index (χ0n) is 11.7. The van der Waals surface area contributed by atoms with Gasteiger partial charge in [-0.05, 0) is 25.8 Å². The highest BCUT2D eigenvalue weighted by molar-refractivity contribution is 5.90. The van der Waals surface area contributed by atoms with Gasteiger partial charge < -0.3 is 15.2 Å². The molecule has 0 aliphatic carbocycles. The number of nitrogens with one attached hydrogen (secondary N) is 1. The summed E-state index contributed by atoms with van der Waals surface area (Å²) in [5, 5.41) is 12.1. The van der Waals surface area contributed by atoms with Crippen molar-refractivity contribution in [2.45, 2.75) is 33.3 Å². The lowest BCUT2D eigenvalue weighted by Gasteiger charge is -2.17. The molecule has 19 heavy (non-hydrogen) atoms. The Hall–Kier alpha value is -1.81. The maximum atomic E-state index is 11.2. The van der Waals surface area contributed by atoms with Gasteiger partial charge in [-0.3, -0.25) is 4.79 Å². The van der Waals surface area contributed by atoms with Crippen molar-refractivity contribution in [3.05, 3.63) is 35.4 Å². The van der Waals surface area contributed by atoms with E-state index in [2.05, 4.69) is 11.9 Å². The minimum atomic E-state index is -0.129. The Morgan fingerprint density at radius 1 is 1.42 bits per heavy atom. The van der Waals surface area contributed by atoms with E-state index in [1.807, 2.05) is 6.92 Å².